The summed E-state index contributed by atoms with van der Waals surface area (Å²) in [5.41, 5.74) is -27.0. The van der Waals surface area contributed by atoms with Crippen LogP contribution in [0.2, 0.25) is 0 Å². The van der Waals surface area contributed by atoms with Crippen LogP contribution in [0.5, 0.6) is 0 Å². The number of alkyl halides is 15. The van der Waals surface area contributed by atoms with Gasteiger partial charge in [-0.05, 0) is 6.92 Å². The van der Waals surface area contributed by atoms with Crippen molar-refractivity contribution >= 4 is 7.22 Å². The van der Waals surface area contributed by atoms with E-state index in [0.29, 0.717) is 0 Å². The SMILES string of the molecule is CCn1cc[n+](C)c1C.FC(F)(F)C(F)(F)[PH-](F)(F)(C(F)(F)C(F)(F)F)C(F)(F)C(F)(F)F. The second-order valence-corrected chi connectivity index (χ2v) is 10.4. The fourth-order valence-corrected chi connectivity index (χ4v) is 4.95. The number of hydrogen-bond donors (Lipinski definition) is 0. The van der Waals surface area contributed by atoms with Gasteiger partial charge < -0.3 is 0 Å². The topological polar surface area (TPSA) is 8.81 Å². The van der Waals surface area contributed by atoms with E-state index in [0.717, 1.165) is 6.54 Å². The van der Waals surface area contributed by atoms with Crippen LogP contribution in [-0.4, -0.2) is 40.1 Å². The first-order chi connectivity index (χ1) is 14.1. The monoisotopic (exact) mass is 552 g/mol. The van der Waals surface area contributed by atoms with Crippen molar-refractivity contribution in [3.63, 3.8) is 0 Å². The van der Waals surface area contributed by atoms with E-state index in [-0.39, 0.29) is 0 Å². The van der Waals surface area contributed by atoms with Crippen LogP contribution in [-0.2, 0) is 13.6 Å². The molecule has 2 nitrogen and oxygen atoms in total. The van der Waals surface area contributed by atoms with Crippen LogP contribution in [0, 0.1) is 6.92 Å². The molecule has 33 heavy (non-hydrogen) atoms. The van der Waals surface area contributed by atoms with Gasteiger partial charge in [-0.1, -0.05) is 0 Å². The van der Waals surface area contributed by atoms with E-state index >= 15 is 0 Å². The molecule has 0 amide bonds. The Morgan fingerprint density at radius 2 is 0.970 bits per heavy atom. The zero-order chi connectivity index (χ0) is 27.3. The number of nitrogens with zero attached hydrogens (tertiary/aromatic N) is 2. The summed E-state index contributed by atoms with van der Waals surface area (Å²) in [6.45, 7) is 5.32. The normalized spacial score (nSPS) is 16.1. The third-order valence-corrected chi connectivity index (χ3v) is 8.62. The molecule has 0 aliphatic carbocycles. The molecule has 0 spiro atoms. The van der Waals surface area contributed by atoms with Crippen molar-refractivity contribution in [3.05, 3.63) is 18.2 Å². The van der Waals surface area contributed by atoms with Crippen molar-refractivity contribution < 1.29 is 78.8 Å². The van der Waals surface area contributed by atoms with E-state index < -0.39 is 42.7 Å². The summed E-state index contributed by atoms with van der Waals surface area (Å²) in [5.74, 6) is 1.30. The quantitative estimate of drug-likeness (QED) is 0.213. The van der Waals surface area contributed by atoms with Gasteiger partial charge in [0.05, 0.1) is 13.6 Å². The molecule has 0 saturated carbocycles. The van der Waals surface area contributed by atoms with Crippen LogP contribution >= 0.6 is 7.22 Å². The van der Waals surface area contributed by atoms with E-state index in [1.165, 1.54) is 5.82 Å². The van der Waals surface area contributed by atoms with Gasteiger partial charge in [-0.2, -0.15) is 0 Å². The summed E-state index contributed by atoms with van der Waals surface area (Å²) < 4.78 is 213. The summed E-state index contributed by atoms with van der Waals surface area (Å²) in [7, 11) is -11.0. The average molecular weight is 552 g/mol. The van der Waals surface area contributed by atoms with E-state index in [9.17, 15) is 74.3 Å². The Bertz CT molecular complexity index is 758. The van der Waals surface area contributed by atoms with E-state index in [1.807, 2.05) is 0 Å². The van der Waals surface area contributed by atoms with Crippen molar-refractivity contribution in [2.45, 2.75) is 55.9 Å². The second kappa shape index (κ2) is 8.29. The zero-order valence-electron chi connectivity index (χ0n) is 16.2. The van der Waals surface area contributed by atoms with Gasteiger partial charge in [0.2, 0.25) is 0 Å². The molecule has 0 aromatic carbocycles. The number of imidazole rings is 1. The Morgan fingerprint density at radius 3 is 1.09 bits per heavy atom. The fourth-order valence-electron chi connectivity index (χ4n) is 2.27. The van der Waals surface area contributed by atoms with Gasteiger partial charge in [-0.25, -0.2) is 9.13 Å². The molecule has 1 aromatic heterocycles. The molecule has 1 rings (SSSR count). The van der Waals surface area contributed by atoms with Crippen molar-refractivity contribution in [2.24, 2.45) is 7.05 Å². The summed E-state index contributed by atoms with van der Waals surface area (Å²) in [4.78, 5) is 0. The first kappa shape index (κ1) is 31.4. The van der Waals surface area contributed by atoms with Crippen molar-refractivity contribution in [1.29, 1.82) is 0 Å². The molecule has 0 bridgehead atoms. The van der Waals surface area contributed by atoms with Gasteiger partial charge >= 0.3 is 117 Å². The first-order valence-electron chi connectivity index (χ1n) is 7.98. The Morgan fingerprint density at radius 1 is 0.697 bits per heavy atom. The van der Waals surface area contributed by atoms with Crippen molar-refractivity contribution in [3.8, 4) is 0 Å². The minimum atomic E-state index is -13.1. The van der Waals surface area contributed by atoms with Crippen LogP contribution in [0.15, 0.2) is 12.4 Å². The number of hydrogen-bond acceptors (Lipinski definition) is 0. The zero-order valence-corrected chi connectivity index (χ0v) is 17.2. The second-order valence-electron chi connectivity index (χ2n) is 6.47. The predicted molar refractivity (Wildman–Crippen MR) is 79.6 cm³/mol. The van der Waals surface area contributed by atoms with Gasteiger partial charge in [0.25, 0.3) is 5.82 Å². The molecular formula is C13H14F17N2P. The average Bonchev–Trinajstić information content (AvgIpc) is 2.90. The molecule has 0 aliphatic rings. The maximum atomic E-state index is 13.4. The molecule has 0 saturated heterocycles. The molecule has 0 aliphatic heterocycles. The summed E-state index contributed by atoms with van der Waals surface area (Å²) in [5, 5.41) is 0. The molecule has 0 N–H and O–H groups in total. The molecule has 0 radical (unpaired) electrons. The molecule has 0 unspecified atom stereocenters. The summed E-state index contributed by atoms with van der Waals surface area (Å²) >= 11 is 0. The van der Waals surface area contributed by atoms with Crippen LogP contribution < -0.4 is 4.57 Å². The summed E-state index contributed by atoms with van der Waals surface area (Å²) in [6.07, 6.45) is -20.7. The van der Waals surface area contributed by atoms with Crippen LogP contribution in [0.3, 0.4) is 0 Å². The third kappa shape index (κ3) is 4.22. The number of rotatable bonds is 4. The third-order valence-electron chi connectivity index (χ3n) is 4.46. The molecule has 0 atom stereocenters. The van der Waals surface area contributed by atoms with E-state index in [4.69, 9.17) is 0 Å². The minimum absolute atomic E-state index is 1.06. The summed E-state index contributed by atoms with van der Waals surface area (Å²) in [6, 6.07) is 0. The molecule has 1 heterocycles. The van der Waals surface area contributed by atoms with Gasteiger partial charge in [0, 0.05) is 6.92 Å². The molecular weight excluding hydrogens is 538 g/mol. The maximum absolute atomic E-state index is 13.4. The number of aryl methyl sites for hydroxylation is 2. The van der Waals surface area contributed by atoms with Crippen LogP contribution in [0.1, 0.15) is 12.7 Å². The fraction of sp³-hybridized carbons (Fsp3) is 0.769. The van der Waals surface area contributed by atoms with Gasteiger partial charge in [-0.15, -0.1) is 0 Å². The molecule has 1 aromatic rings. The molecule has 0 fully saturated rings. The number of aromatic nitrogens is 2. The molecule has 200 valence electrons. The Balaban J connectivity index is 0.000000938. The van der Waals surface area contributed by atoms with E-state index in [2.05, 4.69) is 42.4 Å². The van der Waals surface area contributed by atoms with Crippen molar-refractivity contribution in [2.75, 3.05) is 0 Å². The standard InChI is InChI=1S/C7H13N2.C6HF17P/c1-4-9-6-5-8(3)7(9)2;7-1(8,9)4(16,17)24(22,23,5(18,19)2(10,11)12)6(20,21)3(13,14)15/h5-6H,4H2,1-3H3;24H/q+1;-1. The van der Waals surface area contributed by atoms with Crippen molar-refractivity contribution in [1.82, 2.24) is 4.57 Å². The van der Waals surface area contributed by atoms with Crippen LogP contribution in [0.25, 0.3) is 0 Å². The van der Waals surface area contributed by atoms with Gasteiger partial charge in [0.1, 0.15) is 12.4 Å². The van der Waals surface area contributed by atoms with Gasteiger partial charge in [-0.3, -0.25) is 0 Å². The molecule has 20 heteroatoms. The Kier molecular flexibility index (Phi) is 7.90. The van der Waals surface area contributed by atoms with Crippen LogP contribution in [0.4, 0.5) is 74.3 Å². The first-order valence-corrected chi connectivity index (χ1v) is 10.2. The Hall–Kier alpha value is -1.55. The predicted octanol–water partition coefficient (Wildman–Crippen LogP) is 7.15. The Labute approximate surface area is 173 Å². The number of halogens is 17. The van der Waals surface area contributed by atoms with E-state index in [1.54, 1.807) is 0 Å². The van der Waals surface area contributed by atoms with Gasteiger partial charge in [0.15, 0.2) is 0 Å².